The number of ether oxygens (including phenoxy) is 2. The summed E-state index contributed by atoms with van der Waals surface area (Å²) in [6.45, 7) is 5.80. The molecule has 1 aromatic heterocycles. The van der Waals surface area contributed by atoms with Crippen LogP contribution in [0.1, 0.15) is 34.7 Å². The van der Waals surface area contributed by atoms with Crippen LogP contribution in [0.15, 0.2) is 30.3 Å². The van der Waals surface area contributed by atoms with E-state index in [0.717, 1.165) is 5.56 Å². The summed E-state index contributed by atoms with van der Waals surface area (Å²) in [7, 11) is 0. The Bertz CT molecular complexity index is 769. The zero-order chi connectivity index (χ0) is 18.5. The van der Waals surface area contributed by atoms with E-state index in [9.17, 15) is 9.59 Å². The topological polar surface area (TPSA) is 86.5 Å². The number of carbonyl (C=O) groups is 2. The summed E-state index contributed by atoms with van der Waals surface area (Å²) >= 11 is 0. The zero-order valence-corrected chi connectivity index (χ0v) is 14.9. The number of aromatic nitrogens is 3. The summed E-state index contributed by atoms with van der Waals surface area (Å²) < 4.78 is 12.0. The molecule has 0 bridgehead atoms. The minimum Gasteiger partial charge on any atom is -0.456 e. The summed E-state index contributed by atoms with van der Waals surface area (Å²) in [4.78, 5) is 26.6. The van der Waals surface area contributed by atoms with Gasteiger partial charge < -0.3 is 14.4 Å². The van der Waals surface area contributed by atoms with Gasteiger partial charge in [-0.2, -0.15) is 0 Å². The SMILES string of the molecule is Cc1c(C(=O)OCc2ccccc2)nnn1C(C)C(=O)N1CCOCC1. The number of benzene rings is 1. The molecular weight excluding hydrogens is 336 g/mol. The Hall–Kier alpha value is -2.74. The highest BCUT2D eigenvalue weighted by Gasteiger charge is 2.28. The van der Waals surface area contributed by atoms with Crippen molar-refractivity contribution in [1.82, 2.24) is 19.9 Å². The van der Waals surface area contributed by atoms with Gasteiger partial charge in [0.15, 0.2) is 5.69 Å². The molecule has 0 spiro atoms. The lowest BCUT2D eigenvalue weighted by Crippen LogP contribution is -2.44. The predicted molar refractivity (Wildman–Crippen MR) is 92.4 cm³/mol. The lowest BCUT2D eigenvalue weighted by molar-refractivity contribution is -0.138. The summed E-state index contributed by atoms with van der Waals surface area (Å²) in [5, 5.41) is 7.91. The minimum atomic E-state index is -0.552. The molecule has 0 radical (unpaired) electrons. The van der Waals surface area contributed by atoms with Crippen molar-refractivity contribution < 1.29 is 19.1 Å². The van der Waals surface area contributed by atoms with Crippen LogP contribution < -0.4 is 0 Å². The van der Waals surface area contributed by atoms with Crippen LogP contribution in [0.3, 0.4) is 0 Å². The van der Waals surface area contributed by atoms with Crippen LogP contribution >= 0.6 is 0 Å². The van der Waals surface area contributed by atoms with E-state index in [2.05, 4.69) is 10.3 Å². The number of rotatable bonds is 5. The Morgan fingerprint density at radius 3 is 2.62 bits per heavy atom. The van der Waals surface area contributed by atoms with Gasteiger partial charge >= 0.3 is 5.97 Å². The molecule has 138 valence electrons. The molecule has 1 aliphatic heterocycles. The molecule has 0 N–H and O–H groups in total. The Kier molecular flexibility index (Phi) is 5.62. The highest BCUT2D eigenvalue weighted by atomic mass is 16.5. The van der Waals surface area contributed by atoms with Gasteiger partial charge in [0, 0.05) is 13.1 Å². The first-order chi connectivity index (χ1) is 12.6. The molecule has 3 rings (SSSR count). The van der Waals surface area contributed by atoms with Crippen molar-refractivity contribution in [3.8, 4) is 0 Å². The van der Waals surface area contributed by atoms with Gasteiger partial charge in [0.05, 0.1) is 18.9 Å². The van der Waals surface area contributed by atoms with Crippen molar-refractivity contribution in [3.63, 3.8) is 0 Å². The van der Waals surface area contributed by atoms with E-state index in [1.165, 1.54) is 4.68 Å². The molecule has 8 nitrogen and oxygen atoms in total. The van der Waals surface area contributed by atoms with Gasteiger partial charge in [0.2, 0.25) is 5.91 Å². The van der Waals surface area contributed by atoms with Crippen molar-refractivity contribution in [2.75, 3.05) is 26.3 Å². The molecule has 2 aromatic rings. The van der Waals surface area contributed by atoms with Crippen molar-refractivity contribution in [2.24, 2.45) is 0 Å². The molecular formula is C18H22N4O4. The van der Waals surface area contributed by atoms with Gasteiger partial charge in [-0.3, -0.25) is 4.79 Å². The molecule has 1 aliphatic rings. The fraction of sp³-hybridized carbons (Fsp3) is 0.444. The molecule has 2 heterocycles. The van der Waals surface area contributed by atoms with Crippen LogP contribution in [0.25, 0.3) is 0 Å². The quantitative estimate of drug-likeness (QED) is 0.750. The van der Waals surface area contributed by atoms with E-state index in [4.69, 9.17) is 9.47 Å². The third-order valence-electron chi connectivity index (χ3n) is 4.38. The van der Waals surface area contributed by atoms with Gasteiger partial charge in [-0.25, -0.2) is 9.48 Å². The van der Waals surface area contributed by atoms with Crippen molar-refractivity contribution in [3.05, 3.63) is 47.3 Å². The zero-order valence-electron chi connectivity index (χ0n) is 14.9. The van der Waals surface area contributed by atoms with Gasteiger partial charge in [-0.05, 0) is 19.4 Å². The molecule has 1 saturated heterocycles. The Labute approximate surface area is 151 Å². The molecule has 1 unspecified atom stereocenters. The fourth-order valence-corrected chi connectivity index (χ4v) is 2.84. The maximum Gasteiger partial charge on any atom is 0.361 e. The van der Waals surface area contributed by atoms with Crippen LogP contribution in [-0.4, -0.2) is 58.1 Å². The number of hydrogen-bond donors (Lipinski definition) is 0. The molecule has 1 fully saturated rings. The number of morpholine rings is 1. The van der Waals surface area contributed by atoms with Crippen LogP contribution in [0.4, 0.5) is 0 Å². The number of nitrogens with zero attached hydrogens (tertiary/aromatic N) is 4. The van der Waals surface area contributed by atoms with Crippen LogP contribution in [0.5, 0.6) is 0 Å². The third kappa shape index (κ3) is 3.91. The smallest absolute Gasteiger partial charge is 0.361 e. The van der Waals surface area contributed by atoms with Crippen LogP contribution in [-0.2, 0) is 20.9 Å². The van der Waals surface area contributed by atoms with Gasteiger partial charge in [0.25, 0.3) is 0 Å². The average Bonchev–Trinajstić information content (AvgIpc) is 3.08. The summed E-state index contributed by atoms with van der Waals surface area (Å²) in [5.74, 6) is -0.617. The van der Waals surface area contributed by atoms with E-state index >= 15 is 0 Å². The summed E-state index contributed by atoms with van der Waals surface area (Å²) in [6, 6.07) is 8.86. The highest BCUT2D eigenvalue weighted by Crippen LogP contribution is 2.16. The average molecular weight is 358 g/mol. The standard InChI is InChI=1S/C18H22N4O4/c1-13-16(18(24)26-12-15-6-4-3-5-7-15)19-20-22(13)14(2)17(23)21-8-10-25-11-9-21/h3-7,14H,8-12H2,1-2H3. The maximum atomic E-state index is 12.6. The van der Waals surface area contributed by atoms with Crippen molar-refractivity contribution >= 4 is 11.9 Å². The van der Waals surface area contributed by atoms with Crippen molar-refractivity contribution in [1.29, 1.82) is 0 Å². The van der Waals surface area contributed by atoms with Crippen molar-refractivity contribution in [2.45, 2.75) is 26.5 Å². The molecule has 1 amide bonds. The minimum absolute atomic E-state index is 0.0643. The maximum absolute atomic E-state index is 12.6. The Morgan fingerprint density at radius 1 is 1.23 bits per heavy atom. The molecule has 1 atom stereocenters. The van der Waals surface area contributed by atoms with E-state index in [-0.39, 0.29) is 18.2 Å². The van der Waals surface area contributed by atoms with E-state index in [0.29, 0.717) is 32.0 Å². The summed E-state index contributed by atoms with van der Waals surface area (Å²) in [6.07, 6.45) is 0. The first-order valence-electron chi connectivity index (χ1n) is 8.57. The second-order valence-corrected chi connectivity index (χ2v) is 6.14. The van der Waals surface area contributed by atoms with Gasteiger partial charge in [-0.15, -0.1) is 5.10 Å². The molecule has 8 heteroatoms. The predicted octanol–water partition coefficient (Wildman–Crippen LogP) is 1.36. The van der Waals surface area contributed by atoms with Crippen LogP contribution in [0, 0.1) is 6.92 Å². The normalized spacial score (nSPS) is 15.5. The molecule has 1 aromatic carbocycles. The second kappa shape index (κ2) is 8.09. The number of esters is 1. The number of amides is 1. The second-order valence-electron chi connectivity index (χ2n) is 6.14. The lowest BCUT2D eigenvalue weighted by Gasteiger charge is -2.29. The highest BCUT2D eigenvalue weighted by molar-refractivity contribution is 5.88. The van der Waals surface area contributed by atoms with Gasteiger partial charge in [-0.1, -0.05) is 35.5 Å². The first-order valence-corrected chi connectivity index (χ1v) is 8.57. The number of carbonyl (C=O) groups excluding carboxylic acids is 2. The van der Waals surface area contributed by atoms with Gasteiger partial charge in [0.1, 0.15) is 12.6 Å². The third-order valence-corrected chi connectivity index (χ3v) is 4.38. The molecule has 26 heavy (non-hydrogen) atoms. The molecule has 0 saturated carbocycles. The van der Waals surface area contributed by atoms with E-state index < -0.39 is 12.0 Å². The monoisotopic (exact) mass is 358 g/mol. The number of hydrogen-bond acceptors (Lipinski definition) is 6. The Balaban J connectivity index is 1.66. The summed E-state index contributed by atoms with van der Waals surface area (Å²) in [5.41, 5.74) is 1.53. The first kappa shape index (κ1) is 18.1. The fourth-order valence-electron chi connectivity index (χ4n) is 2.84. The van der Waals surface area contributed by atoms with Crippen LogP contribution in [0.2, 0.25) is 0 Å². The van der Waals surface area contributed by atoms with E-state index in [1.807, 2.05) is 30.3 Å². The Morgan fingerprint density at radius 2 is 1.92 bits per heavy atom. The largest absolute Gasteiger partial charge is 0.456 e. The lowest BCUT2D eigenvalue weighted by atomic mass is 10.2. The molecule has 0 aliphatic carbocycles. The van der Waals surface area contributed by atoms with E-state index in [1.54, 1.807) is 18.7 Å².